The Morgan fingerprint density at radius 2 is 2.06 bits per heavy atom. The predicted molar refractivity (Wildman–Crippen MR) is 130 cm³/mol. The van der Waals surface area contributed by atoms with Gasteiger partial charge in [-0.15, -0.1) is 0 Å². The fourth-order valence-corrected chi connectivity index (χ4v) is 4.67. The van der Waals surface area contributed by atoms with E-state index in [0.29, 0.717) is 30.7 Å². The summed E-state index contributed by atoms with van der Waals surface area (Å²) >= 11 is 0. The molecule has 0 spiro atoms. The number of nitrogens with two attached hydrogens (primary N) is 1. The molecule has 3 aromatic rings. The Bertz CT molecular complexity index is 1330. The summed E-state index contributed by atoms with van der Waals surface area (Å²) in [4.78, 5) is 34.8. The van der Waals surface area contributed by atoms with E-state index in [1.54, 1.807) is 19.2 Å². The molecule has 3 N–H and O–H groups in total. The van der Waals surface area contributed by atoms with Crippen LogP contribution in [-0.4, -0.2) is 63.2 Å². The zero-order valence-corrected chi connectivity index (χ0v) is 20.0. The highest BCUT2D eigenvalue weighted by Gasteiger charge is 2.36. The quantitative estimate of drug-likeness (QED) is 0.456. The number of carbonyl (C=O) groups excluding carboxylic acids is 1. The second-order valence-corrected chi connectivity index (χ2v) is 9.69. The van der Waals surface area contributed by atoms with Gasteiger partial charge >= 0.3 is 5.76 Å². The second-order valence-electron chi connectivity index (χ2n) is 9.69. The lowest BCUT2D eigenvalue weighted by molar-refractivity contribution is -0.119. The maximum absolute atomic E-state index is 15.5. The number of anilines is 2. The van der Waals surface area contributed by atoms with Crippen LogP contribution in [0.15, 0.2) is 33.7 Å². The summed E-state index contributed by atoms with van der Waals surface area (Å²) in [6, 6.07) is 5.59. The number of aryl methyl sites for hydroxylation is 1. The normalized spacial score (nSPS) is 17.9. The van der Waals surface area contributed by atoms with Crippen molar-refractivity contribution < 1.29 is 18.0 Å². The number of carbonyl (C=O) groups is 1. The van der Waals surface area contributed by atoms with Gasteiger partial charge in [0.2, 0.25) is 11.7 Å². The van der Waals surface area contributed by atoms with Gasteiger partial charge in [0.05, 0.1) is 18.6 Å². The van der Waals surface area contributed by atoms with Crippen LogP contribution in [0.1, 0.15) is 31.2 Å². The van der Waals surface area contributed by atoms with Gasteiger partial charge < -0.3 is 20.4 Å². The zero-order chi connectivity index (χ0) is 25.4. The number of amides is 1. The van der Waals surface area contributed by atoms with E-state index < -0.39 is 23.1 Å². The Hall–Kier alpha value is -3.54. The van der Waals surface area contributed by atoms with Gasteiger partial charge in [-0.3, -0.25) is 14.3 Å². The van der Waals surface area contributed by atoms with Crippen molar-refractivity contribution in [3.8, 4) is 0 Å². The summed E-state index contributed by atoms with van der Waals surface area (Å²) in [7, 11) is 1.64. The number of primary amides is 1. The van der Waals surface area contributed by atoms with Crippen molar-refractivity contribution in [2.24, 2.45) is 12.8 Å². The van der Waals surface area contributed by atoms with Gasteiger partial charge in [0.15, 0.2) is 17.2 Å². The Balaban J connectivity index is 1.30. The number of hydrogen-bond acceptors (Lipinski definition) is 8. The van der Waals surface area contributed by atoms with Gasteiger partial charge in [-0.1, -0.05) is 6.07 Å². The summed E-state index contributed by atoms with van der Waals surface area (Å²) in [5.74, 6) is -1.42. The van der Waals surface area contributed by atoms with E-state index in [1.165, 1.54) is 10.9 Å². The van der Waals surface area contributed by atoms with Crippen LogP contribution in [0.4, 0.5) is 20.4 Å². The Labute approximate surface area is 206 Å². The first-order valence-corrected chi connectivity index (χ1v) is 12.0. The molecule has 0 radical (unpaired) electrons. The van der Waals surface area contributed by atoms with Gasteiger partial charge in [0.1, 0.15) is 12.0 Å². The molecule has 2 aliphatic rings. The molecule has 0 atom stereocenters. The highest BCUT2D eigenvalue weighted by molar-refractivity contribution is 5.76. The summed E-state index contributed by atoms with van der Waals surface area (Å²) in [6.07, 6.45) is 3.50. The van der Waals surface area contributed by atoms with Gasteiger partial charge in [-0.2, -0.15) is 4.39 Å². The largest absolute Gasteiger partial charge is 0.419 e. The number of halogens is 2. The molecule has 2 aromatic heterocycles. The highest BCUT2D eigenvalue weighted by atomic mass is 19.1. The van der Waals surface area contributed by atoms with Crippen LogP contribution >= 0.6 is 0 Å². The molecule has 36 heavy (non-hydrogen) atoms. The number of hydrogen-bond donors (Lipinski definition) is 2. The first kappa shape index (κ1) is 24.2. The van der Waals surface area contributed by atoms with Crippen LogP contribution in [0.2, 0.25) is 0 Å². The Morgan fingerprint density at radius 1 is 1.31 bits per heavy atom. The molecule has 192 valence electrons. The van der Waals surface area contributed by atoms with Crippen molar-refractivity contribution in [2.45, 2.75) is 43.9 Å². The van der Waals surface area contributed by atoms with E-state index >= 15 is 8.78 Å². The molecule has 10 nitrogen and oxygen atoms in total. The van der Waals surface area contributed by atoms with Crippen molar-refractivity contribution >= 4 is 28.6 Å². The SMILES string of the molecule is Cn1c(=O)oc2cc(CN(c3ncnc(NCC4(F)CCN(CC(N)=O)CC4)c3F)C3CC3)ccc21. The number of benzene rings is 1. The molecule has 1 aliphatic heterocycles. The minimum Gasteiger partial charge on any atom is -0.408 e. The fourth-order valence-electron chi connectivity index (χ4n) is 4.67. The number of nitrogens with zero attached hydrogens (tertiary/aromatic N) is 5. The second kappa shape index (κ2) is 9.49. The third-order valence-electron chi connectivity index (χ3n) is 6.94. The van der Waals surface area contributed by atoms with E-state index in [-0.39, 0.29) is 43.6 Å². The van der Waals surface area contributed by atoms with Crippen LogP contribution in [0.3, 0.4) is 0 Å². The molecule has 0 unspecified atom stereocenters. The number of rotatable bonds is 9. The lowest BCUT2D eigenvalue weighted by Gasteiger charge is -2.36. The summed E-state index contributed by atoms with van der Waals surface area (Å²) in [6.45, 7) is 1.18. The average Bonchev–Trinajstić information content (AvgIpc) is 3.64. The van der Waals surface area contributed by atoms with E-state index in [9.17, 15) is 9.59 Å². The number of likely N-dealkylation sites (tertiary alicyclic amines) is 1. The Morgan fingerprint density at radius 3 is 2.75 bits per heavy atom. The Kier molecular flexibility index (Phi) is 6.37. The number of piperidine rings is 1. The molecule has 1 saturated heterocycles. The maximum atomic E-state index is 15.5. The van der Waals surface area contributed by atoms with Crippen molar-refractivity contribution in [2.75, 3.05) is 36.4 Å². The van der Waals surface area contributed by atoms with Crippen LogP contribution < -0.4 is 21.7 Å². The number of oxazole rings is 1. The molecule has 1 aliphatic carbocycles. The molecule has 12 heteroatoms. The average molecular weight is 502 g/mol. The number of fused-ring (bicyclic) bond motifs is 1. The van der Waals surface area contributed by atoms with Crippen molar-refractivity contribution in [3.05, 3.63) is 46.5 Å². The molecule has 1 saturated carbocycles. The topological polar surface area (TPSA) is 123 Å². The molecule has 5 rings (SSSR count). The van der Waals surface area contributed by atoms with E-state index in [0.717, 1.165) is 18.4 Å². The molecule has 1 amide bonds. The summed E-state index contributed by atoms with van der Waals surface area (Å²) < 4.78 is 37.6. The predicted octanol–water partition coefficient (Wildman–Crippen LogP) is 1.93. The van der Waals surface area contributed by atoms with Crippen molar-refractivity contribution in [1.29, 1.82) is 0 Å². The lowest BCUT2D eigenvalue weighted by atomic mass is 9.93. The third kappa shape index (κ3) is 5.03. The monoisotopic (exact) mass is 501 g/mol. The fraction of sp³-hybridized carbons (Fsp3) is 0.500. The molecule has 1 aromatic carbocycles. The van der Waals surface area contributed by atoms with Crippen molar-refractivity contribution in [3.63, 3.8) is 0 Å². The molecule has 0 bridgehead atoms. The number of nitrogens with one attached hydrogen (secondary N) is 1. The standard InChI is InChI=1S/C24H29F2N7O3/c1-31-17-5-2-15(10-18(17)36-23(31)35)11-33(16-3-4-16)22-20(25)21(29-14-30-22)28-13-24(26)6-8-32(9-7-24)12-19(27)34/h2,5,10,14,16H,3-4,6-9,11-13H2,1H3,(H2,27,34)(H,28,29,30). The zero-order valence-electron chi connectivity index (χ0n) is 20.0. The molecule has 2 fully saturated rings. The van der Waals surface area contributed by atoms with Crippen LogP contribution in [0.25, 0.3) is 11.1 Å². The number of aromatic nitrogens is 3. The van der Waals surface area contributed by atoms with E-state index in [2.05, 4.69) is 15.3 Å². The van der Waals surface area contributed by atoms with Crippen molar-refractivity contribution in [1.82, 2.24) is 19.4 Å². The molecule has 3 heterocycles. The number of alkyl halides is 1. The maximum Gasteiger partial charge on any atom is 0.419 e. The van der Waals surface area contributed by atoms with Gasteiger partial charge in [0.25, 0.3) is 0 Å². The van der Waals surface area contributed by atoms with Crippen LogP contribution in [0, 0.1) is 5.82 Å². The smallest absolute Gasteiger partial charge is 0.408 e. The molecular weight excluding hydrogens is 472 g/mol. The van der Waals surface area contributed by atoms with Gasteiger partial charge in [-0.05, 0) is 43.4 Å². The van der Waals surface area contributed by atoms with E-state index in [4.69, 9.17) is 10.2 Å². The highest BCUT2D eigenvalue weighted by Crippen LogP contribution is 2.35. The first-order valence-electron chi connectivity index (χ1n) is 12.0. The summed E-state index contributed by atoms with van der Waals surface area (Å²) in [5, 5.41) is 2.84. The van der Waals surface area contributed by atoms with Crippen LogP contribution in [-0.2, 0) is 18.4 Å². The minimum absolute atomic E-state index is 0.0493. The molecular formula is C24H29F2N7O3. The minimum atomic E-state index is -1.54. The van der Waals surface area contributed by atoms with Gasteiger partial charge in [0, 0.05) is 32.7 Å². The summed E-state index contributed by atoms with van der Waals surface area (Å²) in [5.41, 5.74) is 5.68. The third-order valence-corrected chi connectivity index (χ3v) is 6.94. The van der Waals surface area contributed by atoms with Gasteiger partial charge in [-0.25, -0.2) is 19.2 Å². The lowest BCUT2D eigenvalue weighted by Crippen LogP contribution is -2.47. The first-order chi connectivity index (χ1) is 17.2. The van der Waals surface area contributed by atoms with E-state index in [1.807, 2.05) is 15.9 Å². The van der Waals surface area contributed by atoms with Crippen LogP contribution in [0.5, 0.6) is 0 Å².